The van der Waals surface area contributed by atoms with Gasteiger partial charge in [-0.3, -0.25) is 14.3 Å². The van der Waals surface area contributed by atoms with Gasteiger partial charge in [0.25, 0.3) is 5.56 Å². The zero-order chi connectivity index (χ0) is 22.7. The van der Waals surface area contributed by atoms with Crippen molar-refractivity contribution in [1.29, 1.82) is 0 Å². The summed E-state index contributed by atoms with van der Waals surface area (Å²) in [6.07, 6.45) is -0.813. The van der Waals surface area contributed by atoms with Crippen LogP contribution in [0.1, 0.15) is 35.4 Å². The van der Waals surface area contributed by atoms with Crippen LogP contribution in [-0.4, -0.2) is 40.6 Å². The molecule has 2 aromatic carbocycles. The second-order valence-corrected chi connectivity index (χ2v) is 7.81. The molecule has 32 heavy (non-hydrogen) atoms. The molecule has 168 valence electrons. The first-order valence-corrected chi connectivity index (χ1v) is 10.4. The van der Waals surface area contributed by atoms with E-state index >= 15 is 0 Å². The molecule has 1 unspecified atom stereocenters. The number of rotatable bonds is 7. The van der Waals surface area contributed by atoms with Crippen LogP contribution in [0.4, 0.5) is 0 Å². The molecule has 2 N–H and O–H groups in total. The number of aromatic nitrogens is 2. The molecule has 0 saturated carbocycles. The average Bonchev–Trinajstić information content (AvgIpc) is 3.17. The minimum absolute atomic E-state index is 0.125. The van der Waals surface area contributed by atoms with Crippen molar-refractivity contribution in [2.24, 2.45) is 0 Å². The predicted molar refractivity (Wildman–Crippen MR) is 118 cm³/mol. The fraction of sp³-hybridized carbons (Fsp3) is 0.333. The Hall–Kier alpha value is -3.20. The fourth-order valence-electron chi connectivity index (χ4n) is 3.82. The number of aliphatic hydroxyl groups is 1. The van der Waals surface area contributed by atoms with Crippen LogP contribution in [0.25, 0.3) is 0 Å². The van der Waals surface area contributed by atoms with Crippen molar-refractivity contribution in [3.8, 4) is 5.75 Å². The Morgan fingerprint density at radius 2 is 1.81 bits per heavy atom. The van der Waals surface area contributed by atoms with E-state index in [1.165, 1.54) is 10.8 Å². The van der Waals surface area contributed by atoms with Gasteiger partial charge in [-0.25, -0.2) is 4.79 Å². The maximum atomic E-state index is 12.2. The van der Waals surface area contributed by atoms with Gasteiger partial charge in [-0.05, 0) is 30.2 Å². The van der Waals surface area contributed by atoms with Crippen LogP contribution < -0.4 is 16.0 Å². The number of H-pyrrole nitrogens is 1. The van der Waals surface area contributed by atoms with E-state index in [2.05, 4.69) is 4.98 Å². The van der Waals surface area contributed by atoms with Crippen LogP contribution in [0.2, 0.25) is 0 Å². The van der Waals surface area contributed by atoms with Crippen LogP contribution in [0.3, 0.4) is 0 Å². The van der Waals surface area contributed by atoms with Gasteiger partial charge >= 0.3 is 5.69 Å². The average molecular weight is 438 g/mol. The Labute approximate surface area is 185 Å². The number of ether oxygens (including phenoxy) is 3. The van der Waals surface area contributed by atoms with Gasteiger partial charge < -0.3 is 19.3 Å². The van der Waals surface area contributed by atoms with Gasteiger partial charge in [0.15, 0.2) is 0 Å². The molecule has 1 saturated heterocycles. The molecule has 1 aliphatic rings. The molecular formula is C24H26N2O6. The van der Waals surface area contributed by atoms with E-state index in [-0.39, 0.29) is 19.1 Å². The van der Waals surface area contributed by atoms with Crippen molar-refractivity contribution in [3.63, 3.8) is 0 Å². The third-order valence-electron chi connectivity index (χ3n) is 5.61. The summed E-state index contributed by atoms with van der Waals surface area (Å²) >= 11 is 0. The summed E-state index contributed by atoms with van der Waals surface area (Å²) in [6, 6.07) is 17.4. The Bertz CT molecular complexity index is 1160. The second-order valence-electron chi connectivity index (χ2n) is 7.81. The summed E-state index contributed by atoms with van der Waals surface area (Å²) in [6.45, 7) is 1.74. The molecule has 1 aliphatic heterocycles. The van der Waals surface area contributed by atoms with Gasteiger partial charge in [0.05, 0.1) is 19.8 Å². The van der Waals surface area contributed by atoms with E-state index in [1.807, 2.05) is 54.6 Å². The molecule has 1 fully saturated rings. The van der Waals surface area contributed by atoms with Crippen LogP contribution in [0.5, 0.6) is 5.75 Å². The molecule has 8 nitrogen and oxygen atoms in total. The highest BCUT2D eigenvalue weighted by Crippen LogP contribution is 2.32. The first-order valence-electron chi connectivity index (χ1n) is 10.4. The van der Waals surface area contributed by atoms with Gasteiger partial charge in [-0.2, -0.15) is 0 Å². The lowest BCUT2D eigenvalue weighted by Crippen LogP contribution is -2.33. The topological polar surface area (TPSA) is 103 Å². The van der Waals surface area contributed by atoms with Crippen molar-refractivity contribution < 1.29 is 19.3 Å². The smallest absolute Gasteiger partial charge is 0.330 e. The largest absolute Gasteiger partial charge is 0.497 e. The van der Waals surface area contributed by atoms with Gasteiger partial charge in [-0.1, -0.05) is 42.5 Å². The Kier molecular flexibility index (Phi) is 6.55. The molecule has 0 amide bonds. The fourth-order valence-corrected chi connectivity index (χ4v) is 3.82. The van der Waals surface area contributed by atoms with E-state index in [0.29, 0.717) is 5.56 Å². The maximum Gasteiger partial charge on any atom is 0.330 e. The maximum absolute atomic E-state index is 12.2. The molecule has 4 atom stereocenters. The zero-order valence-electron chi connectivity index (χ0n) is 17.9. The van der Waals surface area contributed by atoms with E-state index < -0.39 is 29.7 Å². The molecule has 0 spiro atoms. The molecule has 0 radical (unpaired) electrons. The molecule has 2 heterocycles. The number of nitrogens with zero attached hydrogens (tertiary/aromatic N) is 1. The number of hydrogen-bond donors (Lipinski definition) is 2. The highest BCUT2D eigenvalue weighted by molar-refractivity contribution is 5.34. The van der Waals surface area contributed by atoms with Crippen LogP contribution >= 0.6 is 0 Å². The molecule has 0 bridgehead atoms. The number of methoxy groups -OCH3 is 1. The van der Waals surface area contributed by atoms with Gasteiger partial charge in [-0.15, -0.1) is 0 Å². The van der Waals surface area contributed by atoms with E-state index in [1.54, 1.807) is 14.0 Å². The number of aryl methyl sites for hydroxylation is 1. The van der Waals surface area contributed by atoms with Gasteiger partial charge in [0, 0.05) is 18.2 Å². The van der Waals surface area contributed by atoms with Gasteiger partial charge in [0.1, 0.15) is 24.2 Å². The van der Waals surface area contributed by atoms with Crippen molar-refractivity contribution in [3.05, 3.63) is 98.3 Å². The minimum Gasteiger partial charge on any atom is -0.497 e. The Balaban J connectivity index is 1.51. The number of aliphatic hydroxyl groups excluding tert-OH is 1. The molecule has 4 rings (SSSR count). The molecule has 1 aromatic heterocycles. The van der Waals surface area contributed by atoms with Crippen LogP contribution in [-0.2, 0) is 9.47 Å². The number of hydrogen-bond acceptors (Lipinski definition) is 6. The lowest BCUT2D eigenvalue weighted by Gasteiger charge is -2.23. The second kappa shape index (κ2) is 9.52. The first-order chi connectivity index (χ1) is 15.5. The van der Waals surface area contributed by atoms with Crippen molar-refractivity contribution in [2.45, 2.75) is 37.9 Å². The van der Waals surface area contributed by atoms with Crippen molar-refractivity contribution in [2.75, 3.05) is 13.7 Å². The molecule has 0 aliphatic carbocycles. The molecule has 3 aromatic rings. The Morgan fingerprint density at radius 1 is 1.12 bits per heavy atom. The van der Waals surface area contributed by atoms with Crippen LogP contribution in [0, 0.1) is 6.92 Å². The SMILES string of the molecule is COc1ccc(C(OC[C@H]2O[C@@H](n3cc(C)c(=O)[nH]c3=O)C[C@@H]2O)c2ccccc2)cc1. The van der Waals surface area contributed by atoms with Crippen LogP contribution in [0.15, 0.2) is 70.4 Å². The minimum atomic E-state index is -0.813. The lowest BCUT2D eigenvalue weighted by atomic mass is 10.0. The quantitative estimate of drug-likeness (QED) is 0.587. The highest BCUT2D eigenvalue weighted by atomic mass is 16.6. The first kappa shape index (κ1) is 22.0. The standard InChI is InChI=1S/C24H26N2O6/c1-15-13-26(24(29)25-23(15)28)21-12-19(27)20(32-21)14-31-22(16-6-4-3-5-7-16)17-8-10-18(30-2)11-9-17/h3-11,13,19-22,27H,12,14H2,1-2H3,(H,25,28,29)/t19-,20+,21+,22?/m0/s1. The van der Waals surface area contributed by atoms with E-state index in [9.17, 15) is 14.7 Å². The molecule has 8 heteroatoms. The zero-order valence-corrected chi connectivity index (χ0v) is 17.9. The summed E-state index contributed by atoms with van der Waals surface area (Å²) in [4.78, 5) is 26.1. The summed E-state index contributed by atoms with van der Waals surface area (Å²) in [7, 11) is 1.62. The summed E-state index contributed by atoms with van der Waals surface area (Å²) in [5, 5.41) is 10.5. The summed E-state index contributed by atoms with van der Waals surface area (Å²) in [5.41, 5.74) is 1.29. The highest BCUT2D eigenvalue weighted by Gasteiger charge is 2.36. The van der Waals surface area contributed by atoms with Gasteiger partial charge in [0.2, 0.25) is 0 Å². The molecular weight excluding hydrogens is 412 g/mol. The Morgan fingerprint density at radius 3 is 2.50 bits per heavy atom. The number of nitrogens with one attached hydrogen (secondary N) is 1. The summed E-state index contributed by atoms with van der Waals surface area (Å²) < 4.78 is 18.7. The van der Waals surface area contributed by atoms with E-state index in [4.69, 9.17) is 14.2 Å². The van der Waals surface area contributed by atoms with E-state index in [0.717, 1.165) is 16.9 Å². The number of benzene rings is 2. The van der Waals surface area contributed by atoms with Crippen molar-refractivity contribution in [1.82, 2.24) is 9.55 Å². The lowest BCUT2D eigenvalue weighted by molar-refractivity contribution is -0.0749. The predicted octanol–water partition coefficient (Wildman–Crippen LogP) is 2.31. The third kappa shape index (κ3) is 4.67. The van der Waals surface area contributed by atoms with Crippen molar-refractivity contribution >= 4 is 0 Å². The number of aromatic amines is 1. The summed E-state index contributed by atoms with van der Waals surface area (Å²) in [5.74, 6) is 0.750. The third-order valence-corrected chi connectivity index (χ3v) is 5.61. The normalized spacial score (nSPS) is 21.4. The monoisotopic (exact) mass is 438 g/mol.